The number of nitrogens with one attached hydrogen (secondary N) is 2. The maximum Gasteiger partial charge on any atom is 0.224 e. The highest BCUT2D eigenvalue weighted by atomic mass is 19.1. The van der Waals surface area contributed by atoms with Gasteiger partial charge in [-0.25, -0.2) is 9.37 Å². The Morgan fingerprint density at radius 2 is 1.90 bits per heavy atom. The minimum atomic E-state index is -0.348. The number of hydrogen-bond donors (Lipinski definition) is 2. The SMILES string of the molecule is CN=C(NCCN(C(C)C)C(C)C)NCc1cccnc1Oc1cccc(F)c1. The average Bonchev–Trinajstić information content (AvgIpc) is 2.68. The van der Waals surface area contributed by atoms with Gasteiger partial charge in [0, 0.05) is 56.6 Å². The van der Waals surface area contributed by atoms with Gasteiger partial charge in [-0.3, -0.25) is 9.89 Å². The molecule has 0 aliphatic carbocycles. The number of hydrogen-bond acceptors (Lipinski definition) is 4. The van der Waals surface area contributed by atoms with E-state index in [0.717, 1.165) is 18.7 Å². The Morgan fingerprint density at radius 1 is 1.14 bits per heavy atom. The molecule has 0 bridgehead atoms. The number of ether oxygens (including phenoxy) is 1. The van der Waals surface area contributed by atoms with E-state index >= 15 is 0 Å². The lowest BCUT2D eigenvalue weighted by atomic mass is 10.2. The summed E-state index contributed by atoms with van der Waals surface area (Å²) in [5.74, 6) is 1.21. The molecule has 0 unspecified atom stereocenters. The van der Waals surface area contributed by atoms with Crippen LogP contribution in [0.15, 0.2) is 47.6 Å². The summed E-state index contributed by atoms with van der Waals surface area (Å²) < 4.78 is 19.2. The van der Waals surface area contributed by atoms with Gasteiger partial charge >= 0.3 is 0 Å². The van der Waals surface area contributed by atoms with Gasteiger partial charge in [0.25, 0.3) is 0 Å². The van der Waals surface area contributed by atoms with Crippen LogP contribution in [0.3, 0.4) is 0 Å². The number of halogens is 1. The topological polar surface area (TPSA) is 61.8 Å². The third-order valence-corrected chi connectivity index (χ3v) is 4.52. The van der Waals surface area contributed by atoms with Crippen LogP contribution in [0.2, 0.25) is 0 Å². The molecule has 0 aliphatic rings. The van der Waals surface area contributed by atoms with Gasteiger partial charge in [-0.2, -0.15) is 0 Å². The molecule has 1 aromatic heterocycles. The number of rotatable bonds is 9. The van der Waals surface area contributed by atoms with E-state index in [1.54, 1.807) is 25.4 Å². The van der Waals surface area contributed by atoms with Crippen molar-refractivity contribution < 1.29 is 9.13 Å². The van der Waals surface area contributed by atoms with Gasteiger partial charge in [-0.05, 0) is 45.9 Å². The fourth-order valence-electron chi connectivity index (χ4n) is 3.11. The Kier molecular flexibility index (Phi) is 8.86. The molecular formula is C22H32FN5O. The van der Waals surface area contributed by atoms with Gasteiger partial charge in [0.15, 0.2) is 5.96 Å². The van der Waals surface area contributed by atoms with Crippen LogP contribution in [-0.4, -0.2) is 48.1 Å². The summed E-state index contributed by atoms with van der Waals surface area (Å²) in [6, 6.07) is 10.8. The predicted molar refractivity (Wildman–Crippen MR) is 116 cm³/mol. The van der Waals surface area contributed by atoms with Crippen molar-refractivity contribution in [2.75, 3.05) is 20.1 Å². The van der Waals surface area contributed by atoms with E-state index in [4.69, 9.17) is 4.74 Å². The molecule has 2 N–H and O–H groups in total. The highest BCUT2D eigenvalue weighted by Gasteiger charge is 2.13. The Hall–Kier alpha value is -2.67. The molecule has 0 saturated carbocycles. The molecule has 0 amide bonds. The molecular weight excluding hydrogens is 369 g/mol. The summed E-state index contributed by atoms with van der Waals surface area (Å²) in [7, 11) is 1.74. The Bertz CT molecular complexity index is 786. The first-order valence-corrected chi connectivity index (χ1v) is 9.98. The number of aliphatic imine (C=N–C) groups is 1. The summed E-state index contributed by atoms with van der Waals surface area (Å²) >= 11 is 0. The number of pyridine rings is 1. The first kappa shape index (κ1) is 22.6. The van der Waals surface area contributed by atoms with Crippen LogP contribution >= 0.6 is 0 Å². The van der Waals surface area contributed by atoms with Crippen molar-refractivity contribution in [3.05, 3.63) is 54.0 Å². The molecule has 1 heterocycles. The maximum atomic E-state index is 13.4. The fourth-order valence-corrected chi connectivity index (χ4v) is 3.11. The lowest BCUT2D eigenvalue weighted by Gasteiger charge is -2.30. The molecule has 0 saturated heterocycles. The molecule has 29 heavy (non-hydrogen) atoms. The molecule has 7 heteroatoms. The molecule has 0 fully saturated rings. The van der Waals surface area contributed by atoms with E-state index in [1.807, 2.05) is 12.1 Å². The van der Waals surface area contributed by atoms with Crippen LogP contribution in [0.25, 0.3) is 0 Å². The zero-order valence-electron chi connectivity index (χ0n) is 17.9. The molecule has 1 aromatic carbocycles. The molecule has 0 spiro atoms. The second-order valence-corrected chi connectivity index (χ2v) is 7.30. The molecule has 0 atom stereocenters. The van der Waals surface area contributed by atoms with E-state index < -0.39 is 0 Å². The second-order valence-electron chi connectivity index (χ2n) is 7.30. The number of guanidine groups is 1. The Morgan fingerprint density at radius 3 is 2.55 bits per heavy atom. The quantitative estimate of drug-likeness (QED) is 0.494. The summed E-state index contributed by atoms with van der Waals surface area (Å²) in [6.07, 6.45) is 1.65. The molecule has 0 radical (unpaired) electrons. The minimum absolute atomic E-state index is 0.348. The van der Waals surface area contributed by atoms with Gasteiger partial charge < -0.3 is 15.4 Å². The number of nitrogens with zero attached hydrogens (tertiary/aromatic N) is 3. The highest BCUT2D eigenvalue weighted by Crippen LogP contribution is 2.23. The first-order chi connectivity index (χ1) is 13.9. The number of aromatic nitrogens is 1. The van der Waals surface area contributed by atoms with Crippen LogP contribution in [0.4, 0.5) is 4.39 Å². The molecule has 158 valence electrons. The summed E-state index contributed by atoms with van der Waals surface area (Å²) in [4.78, 5) is 11.0. The number of benzene rings is 1. The zero-order valence-corrected chi connectivity index (χ0v) is 17.9. The predicted octanol–water partition coefficient (Wildman–Crippen LogP) is 3.80. The van der Waals surface area contributed by atoms with Gasteiger partial charge in [0.05, 0.1) is 0 Å². The summed E-state index contributed by atoms with van der Waals surface area (Å²) in [5.41, 5.74) is 0.852. The van der Waals surface area contributed by atoms with Crippen LogP contribution in [0.5, 0.6) is 11.6 Å². The maximum absolute atomic E-state index is 13.4. The standard InChI is InChI=1S/C22H32FN5O/c1-16(2)28(17(3)4)13-12-26-22(24-5)27-15-18-8-7-11-25-21(18)29-20-10-6-9-19(23)14-20/h6-11,14,16-17H,12-13,15H2,1-5H3,(H2,24,26,27). The Balaban J connectivity index is 1.92. The van der Waals surface area contributed by atoms with Crippen molar-refractivity contribution in [2.45, 2.75) is 46.3 Å². The van der Waals surface area contributed by atoms with Crippen molar-refractivity contribution in [3.63, 3.8) is 0 Å². The highest BCUT2D eigenvalue weighted by molar-refractivity contribution is 5.79. The lowest BCUT2D eigenvalue weighted by Crippen LogP contribution is -2.45. The third kappa shape index (κ3) is 7.34. The fraction of sp³-hybridized carbons (Fsp3) is 0.455. The minimum Gasteiger partial charge on any atom is -0.439 e. The Labute approximate surface area is 173 Å². The monoisotopic (exact) mass is 401 g/mol. The molecule has 2 aromatic rings. The van der Waals surface area contributed by atoms with E-state index in [0.29, 0.717) is 36.2 Å². The first-order valence-electron chi connectivity index (χ1n) is 9.98. The average molecular weight is 402 g/mol. The molecule has 2 rings (SSSR count). The van der Waals surface area contributed by atoms with Crippen molar-refractivity contribution >= 4 is 5.96 Å². The molecule has 0 aliphatic heterocycles. The molecule has 6 nitrogen and oxygen atoms in total. The normalized spacial score (nSPS) is 12.0. The van der Waals surface area contributed by atoms with Gasteiger partial charge in [0.1, 0.15) is 11.6 Å². The summed E-state index contributed by atoms with van der Waals surface area (Å²) in [6.45, 7) is 11.0. The van der Waals surface area contributed by atoms with Gasteiger partial charge in [0.2, 0.25) is 5.88 Å². The van der Waals surface area contributed by atoms with Crippen LogP contribution < -0.4 is 15.4 Å². The van der Waals surface area contributed by atoms with E-state index in [-0.39, 0.29) is 5.82 Å². The zero-order chi connectivity index (χ0) is 21.2. The van der Waals surface area contributed by atoms with Crippen LogP contribution in [-0.2, 0) is 6.54 Å². The summed E-state index contributed by atoms with van der Waals surface area (Å²) in [5, 5.41) is 6.62. The van der Waals surface area contributed by atoms with Gasteiger partial charge in [-0.1, -0.05) is 12.1 Å². The van der Waals surface area contributed by atoms with E-state index in [9.17, 15) is 4.39 Å². The van der Waals surface area contributed by atoms with Crippen molar-refractivity contribution in [2.24, 2.45) is 4.99 Å². The second kappa shape index (κ2) is 11.4. The third-order valence-electron chi connectivity index (χ3n) is 4.52. The largest absolute Gasteiger partial charge is 0.439 e. The van der Waals surface area contributed by atoms with Crippen molar-refractivity contribution in [1.29, 1.82) is 0 Å². The van der Waals surface area contributed by atoms with Crippen LogP contribution in [0, 0.1) is 5.82 Å². The van der Waals surface area contributed by atoms with E-state index in [2.05, 4.69) is 53.2 Å². The smallest absolute Gasteiger partial charge is 0.224 e. The van der Waals surface area contributed by atoms with Gasteiger partial charge in [-0.15, -0.1) is 0 Å². The lowest BCUT2D eigenvalue weighted by molar-refractivity contribution is 0.178. The van der Waals surface area contributed by atoms with Crippen LogP contribution in [0.1, 0.15) is 33.3 Å². The van der Waals surface area contributed by atoms with E-state index in [1.165, 1.54) is 12.1 Å². The van der Waals surface area contributed by atoms with Crippen molar-refractivity contribution in [1.82, 2.24) is 20.5 Å². The van der Waals surface area contributed by atoms with Crippen molar-refractivity contribution in [3.8, 4) is 11.6 Å².